The van der Waals surface area contributed by atoms with Crippen LogP contribution in [0, 0.1) is 12.3 Å². The Bertz CT molecular complexity index is 85.0. The molecule has 0 amide bonds. The summed E-state index contributed by atoms with van der Waals surface area (Å²) < 4.78 is 12.1. The van der Waals surface area contributed by atoms with E-state index < -0.39 is 6.17 Å². The van der Waals surface area contributed by atoms with Crippen molar-refractivity contribution < 1.29 is 4.39 Å². The summed E-state index contributed by atoms with van der Waals surface area (Å²) in [6.07, 6.45) is 4.84. The van der Waals surface area contributed by atoms with Gasteiger partial charge in [-0.3, -0.25) is 0 Å². The molecule has 0 aliphatic rings. The van der Waals surface area contributed by atoms with Crippen molar-refractivity contribution in [2.75, 3.05) is 6.54 Å². The number of halogens is 1. The molecule has 0 spiro atoms. The summed E-state index contributed by atoms with van der Waals surface area (Å²) in [5, 5.41) is 0. The van der Waals surface area contributed by atoms with Gasteiger partial charge in [-0.1, -0.05) is 0 Å². The minimum absolute atomic E-state index is 0.0850. The average Bonchev–Trinajstić information content (AvgIpc) is 1.83. The molecule has 0 aliphatic carbocycles. The van der Waals surface area contributed by atoms with E-state index in [1.165, 1.54) is 0 Å². The SMILES string of the molecule is C#CCCC(F)CN. The summed E-state index contributed by atoms with van der Waals surface area (Å²) >= 11 is 0. The van der Waals surface area contributed by atoms with E-state index in [-0.39, 0.29) is 6.54 Å². The second kappa shape index (κ2) is 4.61. The van der Waals surface area contributed by atoms with Crippen LogP contribution in [-0.2, 0) is 0 Å². The van der Waals surface area contributed by atoms with Crippen LogP contribution in [0.3, 0.4) is 0 Å². The van der Waals surface area contributed by atoms with Crippen LogP contribution in [-0.4, -0.2) is 12.7 Å². The number of rotatable bonds is 3. The van der Waals surface area contributed by atoms with Crippen LogP contribution in [0.15, 0.2) is 0 Å². The predicted molar refractivity (Wildman–Crippen MR) is 32.0 cm³/mol. The molecule has 1 atom stereocenters. The fraction of sp³-hybridized carbons (Fsp3) is 0.667. The first-order valence-electron chi connectivity index (χ1n) is 2.59. The quantitative estimate of drug-likeness (QED) is 0.538. The number of hydrogen-bond donors (Lipinski definition) is 1. The molecular weight excluding hydrogens is 105 g/mol. The Labute approximate surface area is 49.1 Å². The van der Waals surface area contributed by atoms with Crippen molar-refractivity contribution in [2.45, 2.75) is 19.0 Å². The van der Waals surface area contributed by atoms with E-state index in [9.17, 15) is 4.39 Å². The number of nitrogens with two attached hydrogens (primary N) is 1. The van der Waals surface area contributed by atoms with E-state index in [4.69, 9.17) is 12.2 Å². The topological polar surface area (TPSA) is 26.0 Å². The van der Waals surface area contributed by atoms with E-state index in [1.807, 2.05) is 0 Å². The second-order valence-corrected chi connectivity index (χ2v) is 1.58. The third-order valence-corrected chi connectivity index (χ3v) is 0.858. The average molecular weight is 115 g/mol. The summed E-state index contributed by atoms with van der Waals surface area (Å²) in [5.74, 6) is 2.34. The van der Waals surface area contributed by atoms with Gasteiger partial charge in [-0.2, -0.15) is 0 Å². The predicted octanol–water partition coefficient (Wildman–Crippen LogP) is 0.697. The molecule has 0 radical (unpaired) electrons. The minimum atomic E-state index is -0.911. The van der Waals surface area contributed by atoms with E-state index >= 15 is 0 Å². The van der Waals surface area contributed by atoms with E-state index in [0.29, 0.717) is 12.8 Å². The van der Waals surface area contributed by atoms with Crippen LogP contribution in [0.5, 0.6) is 0 Å². The molecule has 0 aliphatic heterocycles. The Balaban J connectivity index is 3.01. The van der Waals surface area contributed by atoms with Gasteiger partial charge in [0.15, 0.2) is 0 Å². The summed E-state index contributed by atoms with van der Waals surface area (Å²) in [4.78, 5) is 0. The fourth-order valence-electron chi connectivity index (χ4n) is 0.358. The van der Waals surface area contributed by atoms with Crippen molar-refractivity contribution in [1.29, 1.82) is 0 Å². The summed E-state index contributed by atoms with van der Waals surface area (Å²) in [6.45, 7) is 0.0850. The zero-order valence-electron chi connectivity index (χ0n) is 4.73. The van der Waals surface area contributed by atoms with Crippen LogP contribution in [0.1, 0.15) is 12.8 Å². The lowest BCUT2D eigenvalue weighted by molar-refractivity contribution is 0.326. The van der Waals surface area contributed by atoms with Gasteiger partial charge in [-0.05, 0) is 6.42 Å². The first kappa shape index (κ1) is 7.45. The highest BCUT2D eigenvalue weighted by atomic mass is 19.1. The third kappa shape index (κ3) is 3.63. The molecule has 0 aromatic rings. The Morgan fingerprint density at radius 1 is 1.75 bits per heavy atom. The molecule has 8 heavy (non-hydrogen) atoms. The fourth-order valence-corrected chi connectivity index (χ4v) is 0.358. The molecule has 0 rings (SSSR count). The molecule has 0 saturated carbocycles. The molecule has 2 N–H and O–H groups in total. The van der Waals surface area contributed by atoms with Gasteiger partial charge in [-0.25, -0.2) is 4.39 Å². The summed E-state index contributed by atoms with van der Waals surface area (Å²) in [7, 11) is 0. The number of alkyl halides is 1. The highest BCUT2D eigenvalue weighted by molar-refractivity contribution is 4.84. The van der Waals surface area contributed by atoms with E-state index in [2.05, 4.69) is 5.92 Å². The Kier molecular flexibility index (Phi) is 4.29. The largest absolute Gasteiger partial charge is 0.328 e. The van der Waals surface area contributed by atoms with Crippen molar-refractivity contribution >= 4 is 0 Å². The van der Waals surface area contributed by atoms with Crippen molar-refractivity contribution in [2.24, 2.45) is 5.73 Å². The standard InChI is InChI=1S/C6H10FN/c1-2-3-4-6(7)5-8/h1,6H,3-5,8H2. The molecule has 0 aromatic heterocycles. The Morgan fingerprint density at radius 3 is 2.75 bits per heavy atom. The van der Waals surface area contributed by atoms with Crippen LogP contribution in [0.2, 0.25) is 0 Å². The molecular formula is C6H10FN. The van der Waals surface area contributed by atoms with Gasteiger partial charge in [0.25, 0.3) is 0 Å². The zero-order chi connectivity index (χ0) is 6.41. The third-order valence-electron chi connectivity index (χ3n) is 0.858. The highest BCUT2D eigenvalue weighted by Crippen LogP contribution is 1.97. The summed E-state index contributed by atoms with van der Waals surface area (Å²) in [6, 6.07) is 0. The molecule has 1 unspecified atom stereocenters. The van der Waals surface area contributed by atoms with Gasteiger partial charge in [0.1, 0.15) is 6.17 Å². The lowest BCUT2D eigenvalue weighted by Gasteiger charge is -1.98. The van der Waals surface area contributed by atoms with Crippen molar-refractivity contribution in [3.8, 4) is 12.3 Å². The maximum atomic E-state index is 12.1. The maximum absolute atomic E-state index is 12.1. The normalized spacial score (nSPS) is 12.6. The lowest BCUT2D eigenvalue weighted by atomic mass is 10.2. The van der Waals surface area contributed by atoms with Crippen molar-refractivity contribution in [3.63, 3.8) is 0 Å². The van der Waals surface area contributed by atoms with Crippen molar-refractivity contribution in [3.05, 3.63) is 0 Å². The Hall–Kier alpha value is -0.550. The smallest absolute Gasteiger partial charge is 0.113 e. The number of terminal acetylenes is 1. The molecule has 1 nitrogen and oxygen atoms in total. The molecule has 46 valence electrons. The molecule has 0 aromatic carbocycles. The van der Waals surface area contributed by atoms with Crippen LogP contribution < -0.4 is 5.73 Å². The molecule has 0 saturated heterocycles. The molecule has 0 heterocycles. The second-order valence-electron chi connectivity index (χ2n) is 1.58. The van der Waals surface area contributed by atoms with Crippen LogP contribution >= 0.6 is 0 Å². The monoisotopic (exact) mass is 115 g/mol. The Morgan fingerprint density at radius 2 is 2.38 bits per heavy atom. The van der Waals surface area contributed by atoms with E-state index in [0.717, 1.165) is 0 Å². The molecule has 2 heteroatoms. The molecule has 0 fully saturated rings. The molecule has 0 bridgehead atoms. The minimum Gasteiger partial charge on any atom is -0.328 e. The van der Waals surface area contributed by atoms with Gasteiger partial charge < -0.3 is 5.73 Å². The lowest BCUT2D eigenvalue weighted by Crippen LogP contribution is -2.14. The first-order valence-corrected chi connectivity index (χ1v) is 2.59. The van der Waals surface area contributed by atoms with Gasteiger partial charge in [-0.15, -0.1) is 12.3 Å². The van der Waals surface area contributed by atoms with E-state index in [1.54, 1.807) is 0 Å². The first-order chi connectivity index (χ1) is 3.81. The van der Waals surface area contributed by atoms with Crippen LogP contribution in [0.4, 0.5) is 4.39 Å². The van der Waals surface area contributed by atoms with Crippen LogP contribution in [0.25, 0.3) is 0 Å². The van der Waals surface area contributed by atoms with Gasteiger partial charge in [0.2, 0.25) is 0 Å². The van der Waals surface area contributed by atoms with Gasteiger partial charge in [0, 0.05) is 13.0 Å². The van der Waals surface area contributed by atoms with Gasteiger partial charge in [0.05, 0.1) is 0 Å². The highest BCUT2D eigenvalue weighted by Gasteiger charge is 1.99. The maximum Gasteiger partial charge on any atom is 0.113 e. The van der Waals surface area contributed by atoms with Gasteiger partial charge >= 0.3 is 0 Å². The number of hydrogen-bond acceptors (Lipinski definition) is 1. The zero-order valence-corrected chi connectivity index (χ0v) is 4.73. The summed E-state index contributed by atoms with van der Waals surface area (Å²) in [5.41, 5.74) is 4.97. The van der Waals surface area contributed by atoms with Crippen molar-refractivity contribution in [1.82, 2.24) is 0 Å².